The van der Waals surface area contributed by atoms with E-state index in [-0.39, 0.29) is 22.4 Å². The molecule has 2 aromatic carbocycles. The molecule has 0 aromatic heterocycles. The second-order valence-electron chi connectivity index (χ2n) is 6.99. The molecule has 3 fully saturated rings. The second-order valence-corrected chi connectivity index (χ2v) is 6.99. The summed E-state index contributed by atoms with van der Waals surface area (Å²) in [6.45, 7) is 0. The van der Waals surface area contributed by atoms with Crippen molar-refractivity contribution in [3.05, 3.63) is 71.3 Å². The van der Waals surface area contributed by atoms with Gasteiger partial charge in [0.25, 0.3) is 5.91 Å². The van der Waals surface area contributed by atoms with Crippen LogP contribution in [0.15, 0.2) is 54.6 Å². The molecule has 2 bridgehead atoms. The van der Waals surface area contributed by atoms with E-state index >= 15 is 0 Å². The summed E-state index contributed by atoms with van der Waals surface area (Å²) in [6, 6.07) is 14.6. The molecule has 0 aliphatic heterocycles. The molecule has 124 valence electrons. The van der Waals surface area contributed by atoms with Gasteiger partial charge >= 0.3 is 6.18 Å². The van der Waals surface area contributed by atoms with E-state index < -0.39 is 11.7 Å². The molecule has 1 N–H and O–H groups in total. The lowest BCUT2D eigenvalue weighted by Gasteiger charge is -2.71. The number of carbonyl (C=O) groups excluding carboxylic acids is 1. The zero-order valence-electron chi connectivity index (χ0n) is 12.9. The molecular formula is C19H16F3NO. The molecule has 0 spiro atoms. The lowest BCUT2D eigenvalue weighted by molar-refractivity contribution is -0.137. The van der Waals surface area contributed by atoms with Gasteiger partial charge < -0.3 is 5.32 Å². The van der Waals surface area contributed by atoms with Crippen LogP contribution >= 0.6 is 0 Å². The number of hydrogen-bond acceptors (Lipinski definition) is 1. The number of carbonyl (C=O) groups is 1. The van der Waals surface area contributed by atoms with Crippen LogP contribution in [-0.2, 0) is 11.6 Å². The summed E-state index contributed by atoms with van der Waals surface area (Å²) >= 11 is 0. The first kappa shape index (κ1) is 15.2. The summed E-state index contributed by atoms with van der Waals surface area (Å²) in [6.07, 6.45) is -1.69. The number of hydrogen-bond donors (Lipinski definition) is 1. The highest BCUT2D eigenvalue weighted by Gasteiger charge is 2.68. The molecule has 0 radical (unpaired) electrons. The topological polar surface area (TPSA) is 29.1 Å². The molecular weight excluding hydrogens is 315 g/mol. The van der Waals surface area contributed by atoms with Crippen molar-refractivity contribution >= 4 is 5.91 Å². The van der Waals surface area contributed by atoms with Crippen molar-refractivity contribution in [3.63, 3.8) is 0 Å². The molecule has 5 heteroatoms. The van der Waals surface area contributed by atoms with Crippen LogP contribution in [0.4, 0.5) is 13.2 Å². The summed E-state index contributed by atoms with van der Waals surface area (Å²) in [5, 5.41) is 3.01. The molecule has 0 heterocycles. The number of amides is 1. The third-order valence-electron chi connectivity index (χ3n) is 5.27. The van der Waals surface area contributed by atoms with Crippen molar-refractivity contribution < 1.29 is 18.0 Å². The van der Waals surface area contributed by atoms with Gasteiger partial charge in [0.1, 0.15) is 0 Å². The van der Waals surface area contributed by atoms with Gasteiger partial charge in [-0.25, -0.2) is 0 Å². The summed E-state index contributed by atoms with van der Waals surface area (Å²) in [5.74, 6) is -0.301. The number of rotatable bonds is 3. The van der Waals surface area contributed by atoms with Gasteiger partial charge in [-0.15, -0.1) is 0 Å². The Morgan fingerprint density at radius 1 is 0.917 bits per heavy atom. The Morgan fingerprint density at radius 3 is 2.04 bits per heavy atom. The maximum Gasteiger partial charge on any atom is 0.416 e. The molecule has 0 saturated heterocycles. The zero-order valence-corrected chi connectivity index (χ0v) is 12.9. The average Bonchev–Trinajstić information content (AvgIpc) is 2.49. The fourth-order valence-electron chi connectivity index (χ4n) is 4.14. The zero-order chi connectivity index (χ0) is 17.0. The lowest BCUT2D eigenvalue weighted by atomic mass is 9.37. The first-order chi connectivity index (χ1) is 11.3. The van der Waals surface area contributed by atoms with Crippen molar-refractivity contribution in [1.82, 2.24) is 5.32 Å². The molecule has 0 unspecified atom stereocenters. The summed E-state index contributed by atoms with van der Waals surface area (Å²) in [7, 11) is 0. The predicted molar refractivity (Wildman–Crippen MR) is 83.6 cm³/mol. The molecule has 3 saturated carbocycles. The highest BCUT2D eigenvalue weighted by atomic mass is 19.4. The summed E-state index contributed by atoms with van der Waals surface area (Å²) in [4.78, 5) is 12.3. The van der Waals surface area contributed by atoms with Crippen LogP contribution in [0.3, 0.4) is 0 Å². The van der Waals surface area contributed by atoms with Crippen molar-refractivity contribution in [2.45, 2.75) is 36.4 Å². The van der Waals surface area contributed by atoms with Gasteiger partial charge in [-0.2, -0.15) is 13.2 Å². The van der Waals surface area contributed by atoms with Gasteiger partial charge in [-0.3, -0.25) is 4.79 Å². The Bertz CT molecular complexity index is 761. The predicted octanol–water partition coefficient (Wildman–Crippen LogP) is 4.31. The molecule has 0 atom stereocenters. The van der Waals surface area contributed by atoms with Gasteiger partial charge in [-0.05, 0) is 49.1 Å². The van der Waals surface area contributed by atoms with Crippen LogP contribution in [0.25, 0.3) is 0 Å². The quantitative estimate of drug-likeness (QED) is 0.892. The highest BCUT2D eigenvalue weighted by molar-refractivity contribution is 5.95. The summed E-state index contributed by atoms with van der Waals surface area (Å²) in [5.41, 5.74) is 0.814. The number of halogens is 3. The Kier molecular flexibility index (Phi) is 3.08. The van der Waals surface area contributed by atoms with Gasteiger partial charge in [0, 0.05) is 16.5 Å². The minimum Gasteiger partial charge on any atom is -0.347 e. The van der Waals surface area contributed by atoms with E-state index in [1.807, 2.05) is 18.2 Å². The van der Waals surface area contributed by atoms with Crippen LogP contribution in [-0.4, -0.2) is 11.4 Å². The van der Waals surface area contributed by atoms with Gasteiger partial charge in [0.15, 0.2) is 0 Å². The SMILES string of the molecule is O=C(NC12CC(c3ccccc3)(C1)C2)c1ccc(C(F)(F)F)cc1. The van der Waals surface area contributed by atoms with Crippen molar-refractivity contribution in [2.24, 2.45) is 0 Å². The minimum atomic E-state index is -4.38. The number of alkyl halides is 3. The third-order valence-corrected chi connectivity index (χ3v) is 5.27. The van der Waals surface area contributed by atoms with Crippen molar-refractivity contribution in [3.8, 4) is 0 Å². The van der Waals surface area contributed by atoms with E-state index in [0.717, 1.165) is 31.4 Å². The standard InChI is InChI=1S/C19H16F3NO/c20-19(21,22)15-8-6-13(7-9-15)16(24)23-18-10-17(11-18,12-18)14-4-2-1-3-5-14/h1-9H,10-12H2,(H,23,24). The van der Waals surface area contributed by atoms with Gasteiger partial charge in [-0.1, -0.05) is 30.3 Å². The Labute approximate surface area is 137 Å². The normalized spacial score (nSPS) is 27.8. The van der Waals surface area contributed by atoms with Crippen LogP contribution in [0, 0.1) is 0 Å². The molecule has 1 amide bonds. The van der Waals surface area contributed by atoms with Crippen LogP contribution in [0.2, 0.25) is 0 Å². The fraction of sp³-hybridized carbons (Fsp3) is 0.316. The van der Waals surface area contributed by atoms with E-state index in [1.165, 1.54) is 17.7 Å². The Balaban J connectivity index is 1.41. The van der Waals surface area contributed by atoms with E-state index in [0.29, 0.717) is 0 Å². The molecule has 5 rings (SSSR count). The fourth-order valence-corrected chi connectivity index (χ4v) is 4.14. The maximum atomic E-state index is 12.6. The minimum absolute atomic E-state index is 0.175. The van der Waals surface area contributed by atoms with Gasteiger partial charge in [0.05, 0.1) is 5.56 Å². The maximum absolute atomic E-state index is 12.6. The first-order valence-electron chi connectivity index (χ1n) is 7.87. The van der Waals surface area contributed by atoms with Gasteiger partial charge in [0.2, 0.25) is 0 Å². The lowest BCUT2D eigenvalue weighted by Crippen LogP contribution is -2.76. The Morgan fingerprint density at radius 2 is 1.50 bits per heavy atom. The average molecular weight is 331 g/mol. The van der Waals surface area contributed by atoms with E-state index in [2.05, 4.69) is 17.4 Å². The van der Waals surface area contributed by atoms with Crippen LogP contribution in [0.5, 0.6) is 0 Å². The molecule has 3 aliphatic carbocycles. The molecule has 2 aromatic rings. The largest absolute Gasteiger partial charge is 0.416 e. The highest BCUT2D eigenvalue weighted by Crippen LogP contribution is 2.67. The molecule has 24 heavy (non-hydrogen) atoms. The number of benzene rings is 2. The monoisotopic (exact) mass is 331 g/mol. The Hall–Kier alpha value is -2.30. The molecule has 2 nitrogen and oxygen atoms in total. The van der Waals surface area contributed by atoms with E-state index in [1.54, 1.807) is 0 Å². The van der Waals surface area contributed by atoms with Crippen LogP contribution < -0.4 is 5.32 Å². The smallest absolute Gasteiger partial charge is 0.347 e. The third kappa shape index (κ3) is 2.30. The first-order valence-corrected chi connectivity index (χ1v) is 7.87. The van der Waals surface area contributed by atoms with Crippen molar-refractivity contribution in [1.29, 1.82) is 0 Å². The summed E-state index contributed by atoms with van der Waals surface area (Å²) < 4.78 is 37.7. The van der Waals surface area contributed by atoms with Crippen molar-refractivity contribution in [2.75, 3.05) is 0 Å². The van der Waals surface area contributed by atoms with E-state index in [9.17, 15) is 18.0 Å². The number of nitrogens with one attached hydrogen (secondary N) is 1. The van der Waals surface area contributed by atoms with E-state index in [4.69, 9.17) is 0 Å². The second kappa shape index (κ2) is 4.85. The van der Waals surface area contributed by atoms with Crippen LogP contribution in [0.1, 0.15) is 40.7 Å². The molecule has 3 aliphatic rings.